The van der Waals surface area contributed by atoms with Crippen molar-refractivity contribution in [2.24, 2.45) is 5.92 Å². The van der Waals surface area contributed by atoms with Gasteiger partial charge in [-0.3, -0.25) is 0 Å². The summed E-state index contributed by atoms with van der Waals surface area (Å²) in [6.45, 7) is 3.56. The molecule has 20 heavy (non-hydrogen) atoms. The summed E-state index contributed by atoms with van der Waals surface area (Å²) in [5.41, 5.74) is 0. The molecule has 1 aliphatic rings. The lowest BCUT2D eigenvalue weighted by Gasteiger charge is -2.32. The summed E-state index contributed by atoms with van der Waals surface area (Å²) in [7, 11) is -3.40. The standard InChI is InChI=1S/C12H23F3N2O2S/c1-2-16-7-3-4-10-20(18,19)17-8-5-11(6-9-17)12(13,14)15/h11,16H,2-10H2,1H3. The van der Waals surface area contributed by atoms with Crippen LogP contribution in [0.25, 0.3) is 0 Å². The van der Waals surface area contributed by atoms with Gasteiger partial charge in [0.25, 0.3) is 0 Å². The molecular formula is C12H23F3N2O2S. The molecule has 0 aromatic rings. The topological polar surface area (TPSA) is 49.4 Å². The first-order valence-corrected chi connectivity index (χ1v) is 8.63. The van der Waals surface area contributed by atoms with Crippen LogP contribution in [0.15, 0.2) is 0 Å². The first-order chi connectivity index (χ1) is 9.27. The Morgan fingerprint density at radius 1 is 1.20 bits per heavy atom. The molecule has 0 aromatic heterocycles. The summed E-state index contributed by atoms with van der Waals surface area (Å²) in [6.07, 6.45) is -3.16. The number of hydrogen-bond acceptors (Lipinski definition) is 3. The summed E-state index contributed by atoms with van der Waals surface area (Å²) in [5.74, 6) is -1.34. The molecule has 0 radical (unpaired) electrons. The average Bonchev–Trinajstić information content (AvgIpc) is 2.37. The third kappa shape index (κ3) is 5.57. The molecule has 8 heteroatoms. The summed E-state index contributed by atoms with van der Waals surface area (Å²) in [4.78, 5) is 0. The Labute approximate surface area is 118 Å². The number of nitrogens with one attached hydrogen (secondary N) is 1. The van der Waals surface area contributed by atoms with Crippen LogP contribution in [0.4, 0.5) is 13.2 Å². The van der Waals surface area contributed by atoms with E-state index < -0.39 is 22.1 Å². The van der Waals surface area contributed by atoms with Gasteiger partial charge in [0, 0.05) is 13.1 Å². The van der Waals surface area contributed by atoms with Crippen molar-refractivity contribution in [3.05, 3.63) is 0 Å². The van der Waals surface area contributed by atoms with E-state index >= 15 is 0 Å². The lowest BCUT2D eigenvalue weighted by Crippen LogP contribution is -2.43. The average molecular weight is 316 g/mol. The van der Waals surface area contributed by atoms with Crippen LogP contribution in [-0.2, 0) is 10.0 Å². The van der Waals surface area contributed by atoms with Crippen LogP contribution in [0.3, 0.4) is 0 Å². The molecule has 0 bridgehead atoms. The van der Waals surface area contributed by atoms with Gasteiger partial charge in [-0.2, -0.15) is 13.2 Å². The second-order valence-corrected chi connectivity index (χ2v) is 7.18. The first kappa shape index (κ1) is 17.7. The van der Waals surface area contributed by atoms with E-state index in [9.17, 15) is 21.6 Å². The van der Waals surface area contributed by atoms with Crippen molar-refractivity contribution in [1.82, 2.24) is 9.62 Å². The van der Waals surface area contributed by atoms with Gasteiger partial charge in [-0.25, -0.2) is 12.7 Å². The number of nitrogens with zero attached hydrogens (tertiary/aromatic N) is 1. The predicted octanol–water partition coefficient (Wildman–Crippen LogP) is 1.98. The van der Waals surface area contributed by atoms with Crippen LogP contribution < -0.4 is 5.32 Å². The molecule has 0 spiro atoms. The van der Waals surface area contributed by atoms with E-state index in [1.165, 1.54) is 4.31 Å². The second-order valence-electron chi connectivity index (χ2n) is 5.09. The largest absolute Gasteiger partial charge is 0.391 e. The number of unbranched alkanes of at least 4 members (excludes halogenated alkanes) is 1. The Kier molecular flexibility index (Phi) is 6.74. The summed E-state index contributed by atoms with van der Waals surface area (Å²) in [6, 6.07) is 0. The van der Waals surface area contributed by atoms with Gasteiger partial charge >= 0.3 is 6.18 Å². The number of hydrogen-bond donors (Lipinski definition) is 1. The van der Waals surface area contributed by atoms with Crippen LogP contribution >= 0.6 is 0 Å². The fourth-order valence-electron chi connectivity index (χ4n) is 2.30. The van der Waals surface area contributed by atoms with Crippen LogP contribution in [0.2, 0.25) is 0 Å². The van der Waals surface area contributed by atoms with Crippen LogP contribution in [0.1, 0.15) is 32.6 Å². The molecule has 0 aliphatic carbocycles. The van der Waals surface area contributed by atoms with Crippen molar-refractivity contribution >= 4 is 10.0 Å². The van der Waals surface area contributed by atoms with E-state index in [-0.39, 0.29) is 31.7 Å². The van der Waals surface area contributed by atoms with E-state index in [4.69, 9.17) is 0 Å². The number of rotatable bonds is 7. The third-order valence-corrected chi connectivity index (χ3v) is 5.52. The number of alkyl halides is 3. The minimum atomic E-state index is -4.21. The summed E-state index contributed by atoms with van der Waals surface area (Å²) >= 11 is 0. The molecule has 120 valence electrons. The summed E-state index contributed by atoms with van der Waals surface area (Å²) < 4.78 is 62.7. The van der Waals surface area contributed by atoms with Crippen molar-refractivity contribution in [2.45, 2.75) is 38.8 Å². The third-order valence-electron chi connectivity index (χ3n) is 3.57. The zero-order chi connectivity index (χ0) is 15.2. The smallest absolute Gasteiger partial charge is 0.317 e. The highest BCUT2D eigenvalue weighted by atomic mass is 32.2. The minimum absolute atomic E-state index is 0.0142. The van der Waals surface area contributed by atoms with Crippen molar-refractivity contribution in [3.8, 4) is 0 Å². The molecule has 0 atom stereocenters. The maximum absolute atomic E-state index is 12.5. The molecule has 4 nitrogen and oxygen atoms in total. The molecule has 0 aromatic carbocycles. The van der Waals surface area contributed by atoms with E-state index in [1.807, 2.05) is 6.92 Å². The SMILES string of the molecule is CCNCCCCS(=O)(=O)N1CCC(C(F)(F)F)CC1. The van der Waals surface area contributed by atoms with Gasteiger partial charge in [-0.1, -0.05) is 6.92 Å². The maximum Gasteiger partial charge on any atom is 0.391 e. The van der Waals surface area contributed by atoms with Gasteiger partial charge < -0.3 is 5.32 Å². The van der Waals surface area contributed by atoms with Crippen molar-refractivity contribution in [3.63, 3.8) is 0 Å². The Morgan fingerprint density at radius 3 is 2.30 bits per heavy atom. The fraction of sp³-hybridized carbons (Fsp3) is 1.00. The molecule has 1 rings (SSSR count). The molecule has 1 saturated heterocycles. The van der Waals surface area contributed by atoms with Gasteiger partial charge in [-0.15, -0.1) is 0 Å². The van der Waals surface area contributed by atoms with Gasteiger partial charge in [-0.05, 0) is 38.8 Å². The second kappa shape index (κ2) is 7.61. The summed E-state index contributed by atoms with van der Waals surface area (Å²) in [5, 5.41) is 3.10. The fourth-order valence-corrected chi connectivity index (χ4v) is 3.90. The predicted molar refractivity (Wildman–Crippen MR) is 71.9 cm³/mol. The Balaban J connectivity index is 2.35. The van der Waals surface area contributed by atoms with Crippen LogP contribution in [0.5, 0.6) is 0 Å². The zero-order valence-electron chi connectivity index (χ0n) is 11.7. The molecule has 0 unspecified atom stereocenters. The van der Waals surface area contributed by atoms with Crippen LogP contribution in [0, 0.1) is 5.92 Å². The molecular weight excluding hydrogens is 293 g/mol. The zero-order valence-corrected chi connectivity index (χ0v) is 12.6. The lowest BCUT2D eigenvalue weighted by atomic mass is 9.98. The van der Waals surface area contributed by atoms with Gasteiger partial charge in [0.1, 0.15) is 0 Å². The molecule has 1 heterocycles. The number of piperidine rings is 1. The number of halogens is 3. The molecule has 1 aliphatic heterocycles. The lowest BCUT2D eigenvalue weighted by molar-refractivity contribution is -0.182. The van der Waals surface area contributed by atoms with Gasteiger partial charge in [0.05, 0.1) is 11.7 Å². The van der Waals surface area contributed by atoms with E-state index in [0.29, 0.717) is 6.42 Å². The van der Waals surface area contributed by atoms with E-state index in [0.717, 1.165) is 19.5 Å². The Morgan fingerprint density at radius 2 is 1.80 bits per heavy atom. The van der Waals surface area contributed by atoms with Gasteiger partial charge in [0.2, 0.25) is 10.0 Å². The Bertz CT molecular complexity index is 377. The first-order valence-electron chi connectivity index (χ1n) is 7.02. The van der Waals surface area contributed by atoms with Crippen molar-refractivity contribution < 1.29 is 21.6 Å². The van der Waals surface area contributed by atoms with E-state index in [2.05, 4.69) is 5.32 Å². The molecule has 0 amide bonds. The normalized spacial score (nSPS) is 19.4. The van der Waals surface area contributed by atoms with Crippen molar-refractivity contribution in [1.29, 1.82) is 0 Å². The van der Waals surface area contributed by atoms with Crippen molar-refractivity contribution in [2.75, 3.05) is 31.9 Å². The van der Waals surface area contributed by atoms with E-state index in [1.54, 1.807) is 0 Å². The Hall–Kier alpha value is -0.340. The van der Waals surface area contributed by atoms with Gasteiger partial charge in [0.15, 0.2) is 0 Å². The quantitative estimate of drug-likeness (QED) is 0.731. The molecule has 0 saturated carbocycles. The molecule has 1 N–H and O–H groups in total. The highest BCUT2D eigenvalue weighted by Crippen LogP contribution is 2.34. The highest BCUT2D eigenvalue weighted by Gasteiger charge is 2.42. The highest BCUT2D eigenvalue weighted by molar-refractivity contribution is 7.89. The maximum atomic E-state index is 12.5. The number of sulfonamides is 1. The monoisotopic (exact) mass is 316 g/mol. The molecule has 1 fully saturated rings. The van der Waals surface area contributed by atoms with Crippen LogP contribution in [-0.4, -0.2) is 50.8 Å². The minimum Gasteiger partial charge on any atom is -0.317 e.